The zero-order valence-electron chi connectivity index (χ0n) is 21.8. The highest BCUT2D eigenvalue weighted by Crippen LogP contribution is 2.34. The summed E-state index contributed by atoms with van der Waals surface area (Å²) < 4.78 is 2.69. The van der Waals surface area contributed by atoms with Gasteiger partial charge in [-0.05, 0) is 50.1 Å². The molecule has 1 heterocycles. The fourth-order valence-electron chi connectivity index (χ4n) is 6.05. The van der Waals surface area contributed by atoms with Crippen LogP contribution in [0.25, 0.3) is 31.3 Å². The molecular weight excluding hydrogens is 519 g/mol. The van der Waals surface area contributed by atoms with E-state index in [1.54, 1.807) is 0 Å². The predicted octanol–water partition coefficient (Wildman–Crippen LogP) is 6.97. The molecule has 0 N–H and O–H groups in total. The number of thiophene rings is 1. The summed E-state index contributed by atoms with van der Waals surface area (Å²) in [6, 6.07) is 57.1. The van der Waals surface area contributed by atoms with E-state index in [1.807, 2.05) is 23.5 Å². The summed E-state index contributed by atoms with van der Waals surface area (Å²) in [5, 5.41) is 17.5. The van der Waals surface area contributed by atoms with Crippen molar-refractivity contribution >= 4 is 60.3 Å². The Balaban J connectivity index is 1.60. The van der Waals surface area contributed by atoms with Crippen LogP contribution in [0.3, 0.4) is 0 Å². The Hall–Kier alpha value is -4.75. The molecule has 0 aliphatic carbocycles. The van der Waals surface area contributed by atoms with Crippen molar-refractivity contribution in [2.75, 3.05) is 0 Å². The SMILES string of the molecule is N#Cc1ccc(-c2cccc([Si](c3ccccc3)(c3ccccc3)c3cccc4c3sc3ccccc34)c2)cc1. The van der Waals surface area contributed by atoms with Crippen molar-refractivity contribution in [1.82, 2.24) is 0 Å². The highest BCUT2D eigenvalue weighted by atomic mass is 32.1. The molecule has 188 valence electrons. The van der Waals surface area contributed by atoms with Crippen LogP contribution in [0, 0.1) is 11.3 Å². The van der Waals surface area contributed by atoms with Gasteiger partial charge in [0.25, 0.3) is 0 Å². The van der Waals surface area contributed by atoms with Crippen LogP contribution >= 0.6 is 11.3 Å². The molecule has 7 aromatic rings. The average molecular weight is 544 g/mol. The van der Waals surface area contributed by atoms with E-state index in [9.17, 15) is 5.26 Å². The Kier molecular flexibility index (Phi) is 6.13. The van der Waals surface area contributed by atoms with Gasteiger partial charge in [-0.15, -0.1) is 11.3 Å². The molecule has 0 bridgehead atoms. The predicted molar refractivity (Wildman–Crippen MR) is 173 cm³/mol. The minimum absolute atomic E-state index is 0.675. The van der Waals surface area contributed by atoms with Crippen molar-refractivity contribution in [1.29, 1.82) is 5.26 Å². The zero-order valence-corrected chi connectivity index (χ0v) is 23.6. The number of fused-ring (bicyclic) bond motifs is 3. The molecule has 0 unspecified atom stereocenters. The largest absolute Gasteiger partial charge is 0.192 e. The molecule has 0 aliphatic rings. The van der Waals surface area contributed by atoms with E-state index in [-0.39, 0.29) is 0 Å². The molecule has 0 saturated carbocycles. The minimum atomic E-state index is -2.75. The lowest BCUT2D eigenvalue weighted by Gasteiger charge is -2.35. The lowest BCUT2D eigenvalue weighted by atomic mass is 10.0. The van der Waals surface area contributed by atoms with Crippen LogP contribution in [-0.2, 0) is 0 Å². The van der Waals surface area contributed by atoms with Gasteiger partial charge in [0.15, 0.2) is 8.07 Å². The lowest BCUT2D eigenvalue weighted by molar-refractivity contribution is 1.48. The second-order valence-electron chi connectivity index (χ2n) is 10.0. The second-order valence-corrected chi connectivity index (χ2v) is 14.9. The first kappa shape index (κ1) is 24.3. The summed E-state index contributed by atoms with van der Waals surface area (Å²) in [6.07, 6.45) is 0. The summed E-state index contributed by atoms with van der Waals surface area (Å²) in [5.74, 6) is 0. The summed E-state index contributed by atoms with van der Waals surface area (Å²) >= 11 is 1.91. The van der Waals surface area contributed by atoms with Gasteiger partial charge in [-0.1, -0.05) is 133 Å². The number of hydrogen-bond donors (Lipinski definition) is 0. The molecule has 40 heavy (non-hydrogen) atoms. The Bertz CT molecular complexity index is 1960. The first-order valence-electron chi connectivity index (χ1n) is 13.4. The van der Waals surface area contributed by atoms with Crippen LogP contribution in [0.5, 0.6) is 0 Å². The van der Waals surface area contributed by atoms with Crippen LogP contribution in [-0.4, -0.2) is 8.07 Å². The Morgan fingerprint density at radius 1 is 0.500 bits per heavy atom. The standard InChI is InChI=1S/C37H25NSSi/c38-26-27-21-23-28(24-22-27)29-11-9-16-32(25-29)40(30-12-3-1-4-13-30,31-14-5-2-6-15-31)36-20-10-18-34-33-17-7-8-19-35(33)39-37(34)36/h1-25H. The molecule has 0 aliphatic heterocycles. The summed E-state index contributed by atoms with van der Waals surface area (Å²) in [7, 11) is -2.75. The number of nitriles is 1. The number of rotatable bonds is 5. The maximum Gasteiger partial charge on any atom is 0.181 e. The first-order valence-corrected chi connectivity index (χ1v) is 16.2. The molecule has 0 amide bonds. The molecule has 1 nitrogen and oxygen atoms in total. The summed E-state index contributed by atoms with van der Waals surface area (Å²) in [4.78, 5) is 0. The maximum absolute atomic E-state index is 9.32. The second kappa shape index (κ2) is 10.1. The van der Waals surface area contributed by atoms with E-state index in [1.165, 1.54) is 40.9 Å². The lowest BCUT2D eigenvalue weighted by Crippen LogP contribution is -2.74. The van der Waals surface area contributed by atoms with Crippen molar-refractivity contribution < 1.29 is 0 Å². The van der Waals surface area contributed by atoms with E-state index >= 15 is 0 Å². The highest BCUT2D eigenvalue weighted by molar-refractivity contribution is 7.30. The van der Waals surface area contributed by atoms with Gasteiger partial charge in [-0.2, -0.15) is 5.26 Å². The molecular formula is C37H25NSSi. The Labute approximate surface area is 239 Å². The van der Waals surface area contributed by atoms with Crippen LogP contribution in [0.4, 0.5) is 0 Å². The quantitative estimate of drug-likeness (QED) is 0.170. The van der Waals surface area contributed by atoms with E-state index in [2.05, 4.69) is 146 Å². The van der Waals surface area contributed by atoms with E-state index in [0.717, 1.165) is 11.1 Å². The smallest absolute Gasteiger partial charge is 0.181 e. The minimum Gasteiger partial charge on any atom is -0.192 e. The van der Waals surface area contributed by atoms with Gasteiger partial charge < -0.3 is 0 Å². The molecule has 6 aromatic carbocycles. The fourth-order valence-corrected chi connectivity index (χ4v) is 12.6. The van der Waals surface area contributed by atoms with Gasteiger partial charge in [0.1, 0.15) is 0 Å². The zero-order chi connectivity index (χ0) is 26.9. The van der Waals surface area contributed by atoms with E-state index in [4.69, 9.17) is 0 Å². The van der Waals surface area contributed by atoms with Gasteiger partial charge >= 0.3 is 0 Å². The molecule has 0 saturated heterocycles. The Morgan fingerprint density at radius 2 is 1.10 bits per heavy atom. The summed E-state index contributed by atoms with van der Waals surface area (Å²) in [6.45, 7) is 0. The van der Waals surface area contributed by atoms with Crippen LogP contribution in [0.1, 0.15) is 5.56 Å². The van der Waals surface area contributed by atoms with Crippen LogP contribution < -0.4 is 20.7 Å². The molecule has 3 heteroatoms. The number of nitrogens with zero attached hydrogens (tertiary/aromatic N) is 1. The molecule has 1 aromatic heterocycles. The van der Waals surface area contributed by atoms with Gasteiger partial charge in [0.05, 0.1) is 11.6 Å². The van der Waals surface area contributed by atoms with Gasteiger partial charge in [0.2, 0.25) is 0 Å². The van der Waals surface area contributed by atoms with Gasteiger partial charge in [0, 0.05) is 20.2 Å². The molecule has 0 radical (unpaired) electrons. The third-order valence-electron chi connectivity index (χ3n) is 7.86. The average Bonchev–Trinajstić information content (AvgIpc) is 3.42. The molecule has 0 atom stereocenters. The monoisotopic (exact) mass is 543 g/mol. The fraction of sp³-hybridized carbons (Fsp3) is 0. The molecule has 7 rings (SSSR count). The molecule has 0 fully saturated rings. The van der Waals surface area contributed by atoms with Crippen molar-refractivity contribution in [3.05, 3.63) is 157 Å². The summed E-state index contributed by atoms with van der Waals surface area (Å²) in [5.41, 5.74) is 2.95. The highest BCUT2D eigenvalue weighted by Gasteiger charge is 2.43. The number of benzene rings is 6. The van der Waals surface area contributed by atoms with Crippen LogP contribution in [0.2, 0.25) is 0 Å². The van der Waals surface area contributed by atoms with E-state index < -0.39 is 8.07 Å². The molecule has 0 spiro atoms. The Morgan fingerprint density at radius 3 is 1.80 bits per heavy atom. The van der Waals surface area contributed by atoms with Crippen molar-refractivity contribution in [2.45, 2.75) is 0 Å². The number of hydrogen-bond acceptors (Lipinski definition) is 2. The topological polar surface area (TPSA) is 23.8 Å². The van der Waals surface area contributed by atoms with Crippen molar-refractivity contribution in [3.63, 3.8) is 0 Å². The van der Waals surface area contributed by atoms with E-state index in [0.29, 0.717) is 5.56 Å². The van der Waals surface area contributed by atoms with Crippen molar-refractivity contribution in [3.8, 4) is 17.2 Å². The van der Waals surface area contributed by atoms with Crippen LogP contribution in [0.15, 0.2) is 152 Å². The maximum atomic E-state index is 9.32. The first-order chi connectivity index (χ1) is 19.8. The van der Waals surface area contributed by atoms with Gasteiger partial charge in [-0.25, -0.2) is 0 Å². The third kappa shape index (κ3) is 3.89. The van der Waals surface area contributed by atoms with Gasteiger partial charge in [-0.3, -0.25) is 0 Å². The third-order valence-corrected chi connectivity index (χ3v) is 14.1. The van der Waals surface area contributed by atoms with Crippen molar-refractivity contribution in [2.24, 2.45) is 0 Å². The normalized spacial score (nSPS) is 11.5.